The smallest absolute Gasteiger partial charge is 0.356 e. The maximum absolute atomic E-state index is 12.6. The van der Waals surface area contributed by atoms with Gasteiger partial charge in [0.25, 0.3) is 21.8 Å². The molecule has 0 unspecified atom stereocenters. The van der Waals surface area contributed by atoms with Crippen molar-refractivity contribution in [1.29, 1.82) is 0 Å². The van der Waals surface area contributed by atoms with Crippen LogP contribution in [0.4, 0.5) is 0 Å². The number of amides is 2. The number of hydrogen-bond acceptors (Lipinski definition) is 8. The van der Waals surface area contributed by atoms with Crippen molar-refractivity contribution in [3.8, 4) is 5.75 Å². The van der Waals surface area contributed by atoms with Gasteiger partial charge in [-0.2, -0.15) is 0 Å². The molecule has 0 aliphatic rings. The Kier molecular flexibility index (Phi) is 9.33. The molecule has 10 nitrogen and oxygen atoms in total. The summed E-state index contributed by atoms with van der Waals surface area (Å²) < 4.78 is 37.5. The van der Waals surface area contributed by atoms with Gasteiger partial charge >= 0.3 is 5.97 Å². The number of pyridine rings is 1. The van der Waals surface area contributed by atoms with Gasteiger partial charge in [0, 0.05) is 18.3 Å². The van der Waals surface area contributed by atoms with E-state index in [0.29, 0.717) is 19.4 Å². The van der Waals surface area contributed by atoms with Gasteiger partial charge in [-0.1, -0.05) is 25.1 Å². The Morgan fingerprint density at radius 3 is 2.27 bits per heavy atom. The predicted octanol–water partition coefficient (Wildman–Crippen LogP) is 2.75. The molecular weight excluding hydrogens is 498 g/mol. The van der Waals surface area contributed by atoms with Crippen molar-refractivity contribution in [3.05, 3.63) is 89.2 Å². The van der Waals surface area contributed by atoms with E-state index >= 15 is 0 Å². The van der Waals surface area contributed by atoms with Crippen LogP contribution in [0.1, 0.15) is 50.1 Å². The number of aromatic nitrogens is 1. The second-order valence-electron chi connectivity index (χ2n) is 7.84. The Morgan fingerprint density at radius 1 is 0.919 bits per heavy atom. The quantitative estimate of drug-likeness (QED) is 0.364. The number of carbonyl (C=O) groups excluding carboxylic acids is 3. The zero-order valence-electron chi connectivity index (χ0n) is 20.4. The van der Waals surface area contributed by atoms with Crippen LogP contribution in [0, 0.1) is 0 Å². The van der Waals surface area contributed by atoms with Gasteiger partial charge in [0.1, 0.15) is 11.4 Å². The molecule has 0 aliphatic carbocycles. The number of sulfonamides is 1. The van der Waals surface area contributed by atoms with Gasteiger partial charge in [-0.05, 0) is 60.9 Å². The zero-order chi connectivity index (χ0) is 26.8. The lowest BCUT2D eigenvalue weighted by Gasteiger charge is -2.10. The van der Waals surface area contributed by atoms with E-state index in [1.807, 2.05) is 35.9 Å². The van der Waals surface area contributed by atoms with E-state index in [1.165, 1.54) is 36.4 Å². The van der Waals surface area contributed by atoms with Crippen molar-refractivity contribution >= 4 is 27.8 Å². The topological polar surface area (TPSA) is 141 Å². The summed E-state index contributed by atoms with van der Waals surface area (Å²) in [5.74, 6) is -1.19. The molecule has 0 saturated carbocycles. The Hall–Kier alpha value is -4.25. The average molecular weight is 526 g/mol. The van der Waals surface area contributed by atoms with E-state index < -0.39 is 21.9 Å². The minimum absolute atomic E-state index is 0.00429. The van der Waals surface area contributed by atoms with Crippen LogP contribution >= 0.6 is 0 Å². The average Bonchev–Trinajstić information content (AvgIpc) is 2.91. The number of nitrogens with zero attached hydrogens (tertiary/aromatic N) is 1. The summed E-state index contributed by atoms with van der Waals surface area (Å²) in [7, 11) is -2.64. The summed E-state index contributed by atoms with van der Waals surface area (Å²) >= 11 is 0. The maximum atomic E-state index is 12.6. The number of methoxy groups -OCH3 is 1. The highest BCUT2D eigenvalue weighted by Gasteiger charge is 2.20. The lowest BCUT2D eigenvalue weighted by molar-refractivity contribution is 0.0497. The van der Waals surface area contributed by atoms with Gasteiger partial charge in [-0.15, -0.1) is 0 Å². The third-order valence-corrected chi connectivity index (χ3v) is 6.55. The number of para-hydroxylation sites is 1. The van der Waals surface area contributed by atoms with Crippen LogP contribution in [0.25, 0.3) is 0 Å². The van der Waals surface area contributed by atoms with Gasteiger partial charge < -0.3 is 14.8 Å². The third kappa shape index (κ3) is 7.37. The van der Waals surface area contributed by atoms with E-state index in [1.54, 1.807) is 7.11 Å². The van der Waals surface area contributed by atoms with Crippen LogP contribution in [-0.4, -0.2) is 51.4 Å². The SMILES string of the molecule is CCCOC(=O)c1ccc(C(=O)NS(=O)(=O)c2ccc(C(=O)NCCc3ccccc3OC)cc2)cn1. The molecule has 3 rings (SSSR count). The van der Waals surface area contributed by atoms with Gasteiger partial charge in [0.05, 0.1) is 24.2 Å². The molecule has 3 aromatic rings. The largest absolute Gasteiger partial charge is 0.496 e. The first kappa shape index (κ1) is 27.3. The number of benzene rings is 2. The van der Waals surface area contributed by atoms with Crippen LogP contribution in [0.2, 0.25) is 0 Å². The first-order valence-electron chi connectivity index (χ1n) is 11.5. The molecule has 0 saturated heterocycles. The van der Waals surface area contributed by atoms with Gasteiger partial charge in [-0.3, -0.25) is 9.59 Å². The number of rotatable bonds is 11. The number of nitrogens with one attached hydrogen (secondary N) is 2. The molecule has 0 radical (unpaired) electrons. The van der Waals surface area contributed by atoms with Gasteiger partial charge in [0.2, 0.25) is 0 Å². The lowest BCUT2D eigenvalue weighted by atomic mass is 10.1. The van der Waals surface area contributed by atoms with Gasteiger partial charge in [0.15, 0.2) is 0 Å². The molecule has 2 amide bonds. The molecule has 2 aromatic carbocycles. The van der Waals surface area contributed by atoms with Crippen LogP contribution in [0.5, 0.6) is 5.75 Å². The number of ether oxygens (including phenoxy) is 2. The molecule has 194 valence electrons. The Balaban J connectivity index is 1.57. The number of carbonyl (C=O) groups is 3. The fourth-order valence-electron chi connectivity index (χ4n) is 3.27. The molecule has 0 spiro atoms. The van der Waals surface area contributed by atoms with E-state index in [9.17, 15) is 22.8 Å². The van der Waals surface area contributed by atoms with Crippen molar-refractivity contribution in [1.82, 2.24) is 15.0 Å². The van der Waals surface area contributed by atoms with Crippen molar-refractivity contribution in [3.63, 3.8) is 0 Å². The van der Waals surface area contributed by atoms with Crippen LogP contribution in [0.3, 0.4) is 0 Å². The maximum Gasteiger partial charge on any atom is 0.356 e. The summed E-state index contributed by atoms with van der Waals surface area (Å²) in [5.41, 5.74) is 1.16. The van der Waals surface area contributed by atoms with Crippen LogP contribution in [0.15, 0.2) is 71.8 Å². The standard InChI is InChI=1S/C26H27N3O7S/c1-3-16-36-26(32)22-13-10-20(17-28-22)25(31)29-37(33,34)21-11-8-19(9-12-21)24(30)27-15-14-18-6-4-5-7-23(18)35-2/h4-13,17H,3,14-16H2,1-2H3,(H,27,30)(H,29,31). The summed E-state index contributed by atoms with van der Waals surface area (Å²) in [6.45, 7) is 2.45. The molecule has 0 bridgehead atoms. The van der Waals surface area contributed by atoms with E-state index in [-0.39, 0.29) is 34.2 Å². The monoisotopic (exact) mass is 525 g/mol. The molecule has 0 fully saturated rings. The Morgan fingerprint density at radius 2 is 1.62 bits per heavy atom. The lowest BCUT2D eigenvalue weighted by Crippen LogP contribution is -2.31. The van der Waals surface area contributed by atoms with E-state index in [0.717, 1.165) is 17.5 Å². The minimum atomic E-state index is -4.21. The molecule has 1 heterocycles. The van der Waals surface area contributed by atoms with Crippen LogP contribution in [-0.2, 0) is 21.2 Å². The second-order valence-corrected chi connectivity index (χ2v) is 9.53. The highest BCUT2D eigenvalue weighted by molar-refractivity contribution is 7.90. The highest BCUT2D eigenvalue weighted by atomic mass is 32.2. The first-order chi connectivity index (χ1) is 17.7. The normalized spacial score (nSPS) is 10.9. The molecule has 0 atom stereocenters. The van der Waals surface area contributed by atoms with Crippen molar-refractivity contribution in [2.24, 2.45) is 0 Å². The number of hydrogen-bond donors (Lipinski definition) is 2. The molecule has 1 aromatic heterocycles. The number of esters is 1. The van der Waals surface area contributed by atoms with Gasteiger partial charge in [-0.25, -0.2) is 22.9 Å². The molecule has 2 N–H and O–H groups in total. The minimum Gasteiger partial charge on any atom is -0.496 e. The molecule has 11 heteroatoms. The first-order valence-corrected chi connectivity index (χ1v) is 12.9. The zero-order valence-corrected chi connectivity index (χ0v) is 21.2. The molecular formula is C26H27N3O7S. The summed E-state index contributed by atoms with van der Waals surface area (Å²) in [6, 6.07) is 15.2. The third-order valence-electron chi connectivity index (χ3n) is 5.20. The predicted molar refractivity (Wildman–Crippen MR) is 135 cm³/mol. The Bertz CT molecular complexity index is 1360. The van der Waals surface area contributed by atoms with Crippen molar-refractivity contribution in [2.45, 2.75) is 24.7 Å². The second kappa shape index (κ2) is 12.6. The highest BCUT2D eigenvalue weighted by Crippen LogP contribution is 2.17. The fraction of sp³-hybridized carbons (Fsp3) is 0.231. The summed E-state index contributed by atoms with van der Waals surface area (Å²) in [4.78, 5) is 40.3. The summed E-state index contributed by atoms with van der Waals surface area (Å²) in [6.07, 6.45) is 2.30. The van der Waals surface area contributed by atoms with Crippen molar-refractivity contribution in [2.75, 3.05) is 20.3 Å². The van der Waals surface area contributed by atoms with Crippen molar-refractivity contribution < 1.29 is 32.3 Å². The van der Waals surface area contributed by atoms with Crippen LogP contribution < -0.4 is 14.8 Å². The molecule has 37 heavy (non-hydrogen) atoms. The van der Waals surface area contributed by atoms with E-state index in [4.69, 9.17) is 9.47 Å². The summed E-state index contributed by atoms with van der Waals surface area (Å²) in [5, 5.41) is 2.78. The fourth-order valence-corrected chi connectivity index (χ4v) is 4.24. The molecule has 0 aliphatic heterocycles. The van der Waals surface area contributed by atoms with E-state index in [2.05, 4.69) is 10.3 Å². The Labute approximate surface area is 215 Å².